The number of nitrogens with zero attached hydrogens (tertiary/aromatic N) is 2. The van der Waals surface area contributed by atoms with Gasteiger partial charge in [-0.05, 0) is 12.8 Å². The summed E-state index contributed by atoms with van der Waals surface area (Å²) >= 11 is 1.45. The smallest absolute Gasteiger partial charge is 0.183 e. The predicted octanol–water partition coefficient (Wildman–Crippen LogP) is 2.05. The van der Waals surface area contributed by atoms with E-state index in [-0.39, 0.29) is 0 Å². The number of aromatic amines is 1. The van der Waals surface area contributed by atoms with Crippen molar-refractivity contribution >= 4 is 17.5 Å². The fourth-order valence-electron chi connectivity index (χ4n) is 1.95. The van der Waals surface area contributed by atoms with E-state index in [0.29, 0.717) is 17.5 Å². The Kier molecular flexibility index (Phi) is 3.77. The number of hydrogen-bond donors (Lipinski definition) is 1. The zero-order chi connectivity index (χ0) is 10.5. The van der Waals surface area contributed by atoms with E-state index in [1.807, 2.05) is 0 Å². The summed E-state index contributed by atoms with van der Waals surface area (Å²) in [5.41, 5.74) is 0. The van der Waals surface area contributed by atoms with Crippen molar-refractivity contribution in [3.8, 4) is 0 Å². The van der Waals surface area contributed by atoms with Crippen LogP contribution in [0.2, 0.25) is 0 Å². The van der Waals surface area contributed by atoms with Crippen LogP contribution in [0.5, 0.6) is 0 Å². The summed E-state index contributed by atoms with van der Waals surface area (Å²) in [6.07, 6.45) is 7.34. The Morgan fingerprint density at radius 3 is 2.93 bits per heavy atom. The molecule has 0 aromatic carbocycles. The molecule has 1 fully saturated rings. The molecular weight excluding hydrogens is 210 g/mol. The molecule has 0 amide bonds. The zero-order valence-corrected chi connectivity index (χ0v) is 9.42. The molecule has 0 bridgehead atoms. The van der Waals surface area contributed by atoms with Crippen molar-refractivity contribution in [2.45, 2.75) is 37.3 Å². The van der Waals surface area contributed by atoms with Gasteiger partial charge in [0.05, 0.1) is 5.75 Å². The number of aromatic nitrogens is 3. The summed E-state index contributed by atoms with van der Waals surface area (Å²) in [6.45, 7) is 0. The van der Waals surface area contributed by atoms with Gasteiger partial charge in [-0.2, -0.15) is 5.10 Å². The number of Topliss-reactive ketones (excluding diaryl/α,β-unsaturated/α-hetero) is 1. The Hall–Kier alpha value is -0.840. The quantitative estimate of drug-likeness (QED) is 0.797. The van der Waals surface area contributed by atoms with E-state index >= 15 is 0 Å². The van der Waals surface area contributed by atoms with Crippen molar-refractivity contribution in [2.24, 2.45) is 5.92 Å². The molecular formula is C10H15N3OS. The number of carbonyl (C=O) groups is 1. The topological polar surface area (TPSA) is 58.6 Å². The number of rotatable bonds is 4. The molecule has 0 unspecified atom stereocenters. The Morgan fingerprint density at radius 1 is 1.47 bits per heavy atom. The summed E-state index contributed by atoms with van der Waals surface area (Å²) in [6, 6.07) is 0. The number of carbonyl (C=O) groups excluding carboxylic acids is 1. The molecule has 15 heavy (non-hydrogen) atoms. The molecule has 1 aliphatic rings. The maximum atomic E-state index is 11.8. The highest BCUT2D eigenvalue weighted by Gasteiger charge is 2.20. The Bertz CT molecular complexity index is 306. The van der Waals surface area contributed by atoms with E-state index in [2.05, 4.69) is 15.2 Å². The maximum absolute atomic E-state index is 11.8. The SMILES string of the molecule is O=C(CSc1ncn[nH]1)C1CCCCC1. The Morgan fingerprint density at radius 2 is 2.27 bits per heavy atom. The lowest BCUT2D eigenvalue weighted by atomic mass is 9.87. The molecule has 5 heteroatoms. The van der Waals surface area contributed by atoms with Crippen LogP contribution >= 0.6 is 11.8 Å². The van der Waals surface area contributed by atoms with Crippen LogP contribution in [-0.2, 0) is 4.79 Å². The van der Waals surface area contributed by atoms with Crippen LogP contribution < -0.4 is 0 Å². The molecule has 0 aliphatic heterocycles. The molecule has 0 spiro atoms. The minimum absolute atomic E-state index is 0.300. The summed E-state index contributed by atoms with van der Waals surface area (Å²) in [4.78, 5) is 15.8. The van der Waals surface area contributed by atoms with Crippen LogP contribution in [0.15, 0.2) is 11.5 Å². The first-order chi connectivity index (χ1) is 7.36. The van der Waals surface area contributed by atoms with E-state index in [9.17, 15) is 4.79 Å². The van der Waals surface area contributed by atoms with E-state index in [0.717, 1.165) is 18.0 Å². The second kappa shape index (κ2) is 5.30. The van der Waals surface area contributed by atoms with Crippen LogP contribution in [0.25, 0.3) is 0 Å². The van der Waals surface area contributed by atoms with Crippen molar-refractivity contribution in [1.29, 1.82) is 0 Å². The highest BCUT2D eigenvalue weighted by atomic mass is 32.2. The molecule has 4 nitrogen and oxygen atoms in total. The van der Waals surface area contributed by atoms with Gasteiger partial charge in [0.2, 0.25) is 0 Å². The average Bonchev–Trinajstić information content (AvgIpc) is 2.80. The van der Waals surface area contributed by atoms with Gasteiger partial charge in [-0.25, -0.2) is 4.98 Å². The lowest BCUT2D eigenvalue weighted by Crippen LogP contribution is -2.19. The van der Waals surface area contributed by atoms with Gasteiger partial charge in [-0.3, -0.25) is 9.89 Å². The van der Waals surface area contributed by atoms with E-state index in [4.69, 9.17) is 0 Å². The van der Waals surface area contributed by atoms with E-state index in [1.165, 1.54) is 37.4 Å². The zero-order valence-electron chi connectivity index (χ0n) is 8.61. The molecule has 1 heterocycles. The van der Waals surface area contributed by atoms with Crippen molar-refractivity contribution in [2.75, 3.05) is 5.75 Å². The Labute approximate surface area is 93.2 Å². The molecule has 0 atom stereocenters. The lowest BCUT2D eigenvalue weighted by molar-refractivity contribution is -0.121. The highest BCUT2D eigenvalue weighted by molar-refractivity contribution is 7.99. The van der Waals surface area contributed by atoms with Crippen LogP contribution in [-0.4, -0.2) is 26.7 Å². The van der Waals surface area contributed by atoms with Crippen LogP contribution in [0.4, 0.5) is 0 Å². The fraction of sp³-hybridized carbons (Fsp3) is 0.700. The van der Waals surface area contributed by atoms with Crippen molar-refractivity contribution in [1.82, 2.24) is 15.2 Å². The normalized spacial score (nSPS) is 17.9. The van der Waals surface area contributed by atoms with Crippen LogP contribution in [0.3, 0.4) is 0 Å². The summed E-state index contributed by atoms with van der Waals surface area (Å²) < 4.78 is 0. The third-order valence-corrected chi connectivity index (χ3v) is 3.70. The minimum Gasteiger partial charge on any atom is -0.298 e. The lowest BCUT2D eigenvalue weighted by Gasteiger charge is -2.19. The molecule has 1 saturated carbocycles. The average molecular weight is 225 g/mol. The number of thioether (sulfide) groups is 1. The summed E-state index contributed by atoms with van der Waals surface area (Å²) in [5, 5.41) is 7.22. The van der Waals surface area contributed by atoms with Crippen molar-refractivity contribution in [3.05, 3.63) is 6.33 Å². The van der Waals surface area contributed by atoms with Gasteiger partial charge in [0.25, 0.3) is 0 Å². The minimum atomic E-state index is 0.300. The number of ketones is 1. The maximum Gasteiger partial charge on any atom is 0.183 e. The third kappa shape index (κ3) is 3.06. The van der Waals surface area contributed by atoms with E-state index < -0.39 is 0 Å². The Balaban J connectivity index is 1.76. The molecule has 0 saturated heterocycles. The summed E-state index contributed by atoms with van der Waals surface area (Å²) in [5.74, 6) is 1.20. The highest BCUT2D eigenvalue weighted by Crippen LogP contribution is 2.26. The molecule has 0 radical (unpaired) electrons. The van der Waals surface area contributed by atoms with E-state index in [1.54, 1.807) is 0 Å². The first kappa shape index (κ1) is 10.7. The second-order valence-electron chi connectivity index (χ2n) is 3.88. The van der Waals surface area contributed by atoms with Gasteiger partial charge < -0.3 is 0 Å². The number of nitrogens with one attached hydrogen (secondary N) is 1. The monoisotopic (exact) mass is 225 g/mol. The standard InChI is InChI=1S/C10H15N3OS/c14-9(8-4-2-1-3-5-8)6-15-10-11-7-12-13-10/h7-8H,1-6H2,(H,11,12,13). The first-order valence-electron chi connectivity index (χ1n) is 5.37. The number of hydrogen-bond acceptors (Lipinski definition) is 4. The molecule has 1 aliphatic carbocycles. The van der Waals surface area contributed by atoms with Crippen LogP contribution in [0.1, 0.15) is 32.1 Å². The molecule has 1 N–H and O–H groups in total. The van der Waals surface area contributed by atoms with Gasteiger partial charge in [-0.15, -0.1) is 0 Å². The molecule has 2 rings (SSSR count). The molecule has 1 aromatic heterocycles. The fourth-order valence-corrected chi connectivity index (χ4v) is 2.70. The van der Waals surface area contributed by atoms with Crippen LogP contribution in [0, 0.1) is 5.92 Å². The second-order valence-corrected chi connectivity index (χ2v) is 4.84. The summed E-state index contributed by atoms with van der Waals surface area (Å²) in [7, 11) is 0. The molecule has 1 aromatic rings. The third-order valence-electron chi connectivity index (χ3n) is 2.80. The van der Waals surface area contributed by atoms with Gasteiger partial charge in [0.1, 0.15) is 12.1 Å². The largest absolute Gasteiger partial charge is 0.298 e. The van der Waals surface area contributed by atoms with Gasteiger partial charge in [0, 0.05) is 5.92 Å². The number of H-pyrrole nitrogens is 1. The van der Waals surface area contributed by atoms with Crippen molar-refractivity contribution < 1.29 is 4.79 Å². The predicted molar refractivity (Wildman–Crippen MR) is 58.7 cm³/mol. The first-order valence-corrected chi connectivity index (χ1v) is 6.35. The van der Waals surface area contributed by atoms with Gasteiger partial charge in [0.15, 0.2) is 5.16 Å². The van der Waals surface area contributed by atoms with Crippen molar-refractivity contribution in [3.63, 3.8) is 0 Å². The van der Waals surface area contributed by atoms with Gasteiger partial charge >= 0.3 is 0 Å². The molecule has 82 valence electrons. The van der Waals surface area contributed by atoms with Gasteiger partial charge in [-0.1, -0.05) is 31.0 Å².